The molecule has 8 nitrogen and oxygen atoms in total. The topological polar surface area (TPSA) is 112 Å². The highest BCUT2D eigenvalue weighted by molar-refractivity contribution is 6.59. The Balaban J connectivity index is 1.73. The third-order valence-electron chi connectivity index (χ3n) is 6.30. The number of anilines is 1. The summed E-state index contributed by atoms with van der Waals surface area (Å²) in [7, 11) is -1.53. The molecule has 38 heavy (non-hydrogen) atoms. The lowest BCUT2D eigenvalue weighted by molar-refractivity contribution is -0.111. The van der Waals surface area contributed by atoms with Crippen LogP contribution in [0.15, 0.2) is 80.0 Å². The maximum atomic E-state index is 11.7. The van der Waals surface area contributed by atoms with Gasteiger partial charge in [-0.15, -0.1) is 5.10 Å². The SMILES string of the molecule is C=CC(=O)Nc1cn(Cc2c(C=CC)c(C=C)c(CNCc3ccccc3B(O)O)c3ccccc23)nn1. The first kappa shape index (κ1) is 26.7. The van der Waals surface area contributed by atoms with Crippen molar-refractivity contribution in [3.63, 3.8) is 0 Å². The van der Waals surface area contributed by atoms with E-state index in [2.05, 4.69) is 52.3 Å². The van der Waals surface area contributed by atoms with Crippen LogP contribution in [-0.2, 0) is 24.4 Å². The second-order valence-corrected chi connectivity index (χ2v) is 8.70. The van der Waals surface area contributed by atoms with E-state index < -0.39 is 7.12 Å². The molecule has 4 N–H and O–H groups in total. The van der Waals surface area contributed by atoms with Crippen molar-refractivity contribution in [2.75, 3.05) is 5.32 Å². The monoisotopic (exact) mass is 507 g/mol. The summed E-state index contributed by atoms with van der Waals surface area (Å²) in [5, 5.41) is 36.0. The number of fused-ring (bicyclic) bond motifs is 1. The Morgan fingerprint density at radius 2 is 1.74 bits per heavy atom. The molecule has 0 bridgehead atoms. The summed E-state index contributed by atoms with van der Waals surface area (Å²) in [6, 6.07) is 15.4. The molecule has 4 rings (SSSR count). The van der Waals surface area contributed by atoms with Gasteiger partial charge in [-0.05, 0) is 57.1 Å². The van der Waals surface area contributed by atoms with Gasteiger partial charge in [0.1, 0.15) is 0 Å². The van der Waals surface area contributed by atoms with Crippen LogP contribution in [0.5, 0.6) is 0 Å². The molecule has 4 aromatic rings. The molecule has 0 saturated heterocycles. The van der Waals surface area contributed by atoms with Crippen molar-refractivity contribution >= 4 is 47.2 Å². The van der Waals surface area contributed by atoms with Gasteiger partial charge in [0.15, 0.2) is 5.82 Å². The number of aromatic nitrogens is 3. The predicted molar refractivity (Wildman–Crippen MR) is 154 cm³/mol. The van der Waals surface area contributed by atoms with Crippen LogP contribution >= 0.6 is 0 Å². The molecule has 3 aromatic carbocycles. The fraction of sp³-hybridized carbons (Fsp3) is 0.138. The van der Waals surface area contributed by atoms with Gasteiger partial charge in [-0.25, -0.2) is 4.68 Å². The second-order valence-electron chi connectivity index (χ2n) is 8.70. The summed E-state index contributed by atoms with van der Waals surface area (Å²) in [6.07, 6.45) is 8.80. The standard InChI is InChI=1S/C29H30BN5O3/c1-4-11-22-21(5-2)25(17-31-16-20-12-7-10-15-27(20)30(37)38)23-13-8-9-14-24(23)26(22)18-35-19-28(33-34-35)32-29(36)6-3/h4-15,19,31,37-38H,2-3,16-18H2,1H3,(H,32,36). The average Bonchev–Trinajstić information content (AvgIpc) is 3.37. The highest BCUT2D eigenvalue weighted by Gasteiger charge is 2.18. The molecule has 1 amide bonds. The van der Waals surface area contributed by atoms with Crippen molar-refractivity contribution in [2.24, 2.45) is 0 Å². The normalized spacial score (nSPS) is 11.1. The number of nitrogens with one attached hydrogen (secondary N) is 2. The van der Waals surface area contributed by atoms with Crippen molar-refractivity contribution in [2.45, 2.75) is 26.6 Å². The number of carbonyl (C=O) groups is 1. The van der Waals surface area contributed by atoms with Crippen LogP contribution in [0.1, 0.15) is 34.7 Å². The molecule has 0 aliphatic carbocycles. The molecule has 0 fully saturated rings. The van der Waals surface area contributed by atoms with Crippen molar-refractivity contribution in [1.82, 2.24) is 20.3 Å². The van der Waals surface area contributed by atoms with Gasteiger partial charge in [-0.1, -0.05) is 85.1 Å². The molecule has 0 unspecified atom stereocenters. The molecule has 0 radical (unpaired) electrons. The first-order chi connectivity index (χ1) is 18.5. The van der Waals surface area contributed by atoms with Crippen LogP contribution in [0, 0.1) is 0 Å². The minimum atomic E-state index is -1.53. The molecule has 0 aliphatic heterocycles. The Labute approximate surface area is 222 Å². The summed E-state index contributed by atoms with van der Waals surface area (Å²) < 4.78 is 1.69. The fourth-order valence-electron chi connectivity index (χ4n) is 4.62. The second kappa shape index (κ2) is 12.3. The zero-order valence-electron chi connectivity index (χ0n) is 21.3. The molecule has 0 saturated carbocycles. The van der Waals surface area contributed by atoms with Crippen molar-refractivity contribution in [3.05, 3.63) is 108 Å². The van der Waals surface area contributed by atoms with Crippen molar-refractivity contribution in [1.29, 1.82) is 0 Å². The first-order valence-corrected chi connectivity index (χ1v) is 12.3. The van der Waals surface area contributed by atoms with E-state index >= 15 is 0 Å². The van der Waals surface area contributed by atoms with Crippen LogP contribution in [0.25, 0.3) is 22.9 Å². The fourth-order valence-corrected chi connectivity index (χ4v) is 4.62. The van der Waals surface area contributed by atoms with Crippen molar-refractivity contribution < 1.29 is 14.8 Å². The Morgan fingerprint density at radius 1 is 1.03 bits per heavy atom. The van der Waals surface area contributed by atoms with E-state index in [4.69, 9.17) is 0 Å². The first-order valence-electron chi connectivity index (χ1n) is 12.3. The zero-order chi connectivity index (χ0) is 27.1. The summed E-state index contributed by atoms with van der Waals surface area (Å²) >= 11 is 0. The number of nitrogens with zero attached hydrogens (tertiary/aromatic N) is 3. The van der Waals surface area contributed by atoms with E-state index in [-0.39, 0.29) is 5.91 Å². The van der Waals surface area contributed by atoms with Gasteiger partial charge in [0, 0.05) is 13.1 Å². The third kappa shape index (κ3) is 5.81. The number of amides is 1. The quantitative estimate of drug-likeness (QED) is 0.183. The number of allylic oxidation sites excluding steroid dienone is 1. The van der Waals surface area contributed by atoms with Gasteiger partial charge in [-0.2, -0.15) is 0 Å². The van der Waals surface area contributed by atoms with E-state index in [0.29, 0.717) is 30.9 Å². The third-order valence-corrected chi connectivity index (χ3v) is 6.30. The average molecular weight is 507 g/mol. The Bertz CT molecular complexity index is 1510. The summed E-state index contributed by atoms with van der Waals surface area (Å²) in [5.41, 5.74) is 5.47. The molecule has 1 heterocycles. The van der Waals surface area contributed by atoms with E-state index in [1.165, 1.54) is 6.08 Å². The van der Waals surface area contributed by atoms with Gasteiger partial charge >= 0.3 is 7.12 Å². The van der Waals surface area contributed by atoms with Gasteiger partial charge in [0.05, 0.1) is 12.7 Å². The number of hydrogen-bond donors (Lipinski definition) is 4. The number of benzene rings is 3. The Hall–Kier alpha value is -4.31. The van der Waals surface area contributed by atoms with Crippen LogP contribution in [0.2, 0.25) is 0 Å². The van der Waals surface area contributed by atoms with Crippen LogP contribution in [-0.4, -0.2) is 38.1 Å². The highest BCUT2D eigenvalue weighted by Crippen LogP contribution is 2.33. The Kier molecular flexibility index (Phi) is 8.65. The van der Waals surface area contributed by atoms with E-state index in [1.807, 2.05) is 43.3 Å². The molecule has 0 spiro atoms. The zero-order valence-corrected chi connectivity index (χ0v) is 21.3. The largest absolute Gasteiger partial charge is 0.488 e. The van der Waals surface area contributed by atoms with Gasteiger partial charge in [0.25, 0.3) is 0 Å². The minimum Gasteiger partial charge on any atom is -0.423 e. The molecule has 192 valence electrons. The van der Waals surface area contributed by atoms with Crippen LogP contribution in [0.4, 0.5) is 5.82 Å². The lowest BCUT2D eigenvalue weighted by Crippen LogP contribution is -2.34. The maximum absolute atomic E-state index is 11.7. The van der Waals surface area contributed by atoms with E-state index in [1.54, 1.807) is 23.0 Å². The maximum Gasteiger partial charge on any atom is 0.488 e. The minimum absolute atomic E-state index is 0.348. The van der Waals surface area contributed by atoms with E-state index in [9.17, 15) is 14.8 Å². The lowest BCUT2D eigenvalue weighted by Gasteiger charge is -2.20. The summed E-state index contributed by atoms with van der Waals surface area (Å²) in [5.74, 6) is 0.00357. The van der Waals surface area contributed by atoms with Crippen LogP contribution < -0.4 is 16.1 Å². The van der Waals surface area contributed by atoms with Gasteiger partial charge in [-0.3, -0.25) is 4.79 Å². The smallest absolute Gasteiger partial charge is 0.423 e. The predicted octanol–water partition coefficient (Wildman–Crippen LogP) is 3.25. The molecular weight excluding hydrogens is 477 g/mol. The number of rotatable bonds is 11. The molecule has 0 atom stereocenters. The molecular formula is C29H30BN5O3. The number of carbonyl (C=O) groups excluding carboxylic acids is 1. The van der Waals surface area contributed by atoms with E-state index in [0.717, 1.165) is 38.6 Å². The molecule has 0 aliphatic rings. The summed E-state index contributed by atoms with van der Waals surface area (Å²) in [4.78, 5) is 11.7. The summed E-state index contributed by atoms with van der Waals surface area (Å²) in [6.45, 7) is 11.0. The Morgan fingerprint density at radius 3 is 2.42 bits per heavy atom. The van der Waals surface area contributed by atoms with Crippen LogP contribution in [0.3, 0.4) is 0 Å². The number of hydrogen-bond acceptors (Lipinski definition) is 6. The lowest BCUT2D eigenvalue weighted by atomic mass is 9.77. The highest BCUT2D eigenvalue weighted by atomic mass is 16.4. The van der Waals surface area contributed by atoms with Crippen molar-refractivity contribution in [3.8, 4) is 0 Å². The molecule has 1 aromatic heterocycles. The van der Waals surface area contributed by atoms with Gasteiger partial charge in [0.2, 0.25) is 5.91 Å². The molecule has 9 heteroatoms. The van der Waals surface area contributed by atoms with Gasteiger partial charge < -0.3 is 20.7 Å².